The van der Waals surface area contributed by atoms with Gasteiger partial charge in [-0.05, 0) is 31.4 Å². The van der Waals surface area contributed by atoms with E-state index in [1.54, 1.807) is 0 Å². The molecule has 0 saturated heterocycles. The summed E-state index contributed by atoms with van der Waals surface area (Å²) in [5, 5.41) is 3.25. The van der Waals surface area contributed by atoms with E-state index in [2.05, 4.69) is 36.1 Å². The standard InChI is InChI=1S/C17H31N5.HI/c1-13(2)8-6-9-14(3)20-17(18)19-12-15-10-7-11-16(21-15)22(4)5;/h7,10-11,13-14H,6,8-9,12H2,1-5H3,(H3,18,19,20);1H. The van der Waals surface area contributed by atoms with Crippen molar-refractivity contribution in [3.63, 3.8) is 0 Å². The fourth-order valence-electron chi connectivity index (χ4n) is 2.17. The number of rotatable bonds is 8. The van der Waals surface area contributed by atoms with Crippen molar-refractivity contribution < 1.29 is 0 Å². The third kappa shape index (κ3) is 9.63. The molecular weight excluding hydrogens is 401 g/mol. The summed E-state index contributed by atoms with van der Waals surface area (Å²) in [5.74, 6) is 2.18. The van der Waals surface area contributed by atoms with Gasteiger partial charge < -0.3 is 16.0 Å². The number of hydrogen-bond acceptors (Lipinski definition) is 3. The van der Waals surface area contributed by atoms with E-state index in [1.165, 1.54) is 12.8 Å². The number of nitrogens with zero attached hydrogens (tertiary/aromatic N) is 3. The Labute approximate surface area is 158 Å². The predicted molar refractivity (Wildman–Crippen MR) is 111 cm³/mol. The van der Waals surface area contributed by atoms with Gasteiger partial charge in [0, 0.05) is 20.1 Å². The summed E-state index contributed by atoms with van der Waals surface area (Å²) in [6.45, 7) is 7.15. The maximum Gasteiger partial charge on any atom is 0.189 e. The van der Waals surface area contributed by atoms with Gasteiger partial charge in [-0.3, -0.25) is 0 Å². The summed E-state index contributed by atoms with van der Waals surface area (Å²) < 4.78 is 0. The molecule has 0 aliphatic rings. The third-order valence-electron chi connectivity index (χ3n) is 3.47. The lowest BCUT2D eigenvalue weighted by Crippen LogP contribution is -2.38. The second kappa shape index (κ2) is 11.5. The van der Waals surface area contributed by atoms with E-state index in [4.69, 9.17) is 5.73 Å². The first kappa shape index (κ1) is 21.9. The van der Waals surface area contributed by atoms with Crippen LogP contribution in [0.1, 0.15) is 45.7 Å². The summed E-state index contributed by atoms with van der Waals surface area (Å²) in [7, 11) is 3.95. The van der Waals surface area contributed by atoms with E-state index in [0.29, 0.717) is 18.5 Å². The van der Waals surface area contributed by atoms with Gasteiger partial charge in [0.1, 0.15) is 5.82 Å². The summed E-state index contributed by atoms with van der Waals surface area (Å²) >= 11 is 0. The lowest BCUT2D eigenvalue weighted by Gasteiger charge is -2.15. The molecule has 23 heavy (non-hydrogen) atoms. The summed E-state index contributed by atoms with van der Waals surface area (Å²) in [6.07, 6.45) is 3.58. The Hall–Kier alpha value is -1.05. The SMILES string of the molecule is CC(C)CCCC(C)NC(N)=NCc1cccc(N(C)C)n1.I. The van der Waals surface area contributed by atoms with Crippen LogP contribution in [0.5, 0.6) is 0 Å². The molecule has 0 aliphatic heterocycles. The topological polar surface area (TPSA) is 66.5 Å². The number of aromatic nitrogens is 1. The number of halogens is 1. The highest BCUT2D eigenvalue weighted by atomic mass is 127. The zero-order chi connectivity index (χ0) is 16.5. The lowest BCUT2D eigenvalue weighted by atomic mass is 10.0. The molecule has 1 heterocycles. The van der Waals surface area contributed by atoms with Crippen LogP contribution in [0, 0.1) is 5.92 Å². The van der Waals surface area contributed by atoms with Crippen LogP contribution in [0.4, 0.5) is 5.82 Å². The zero-order valence-electron chi connectivity index (χ0n) is 15.0. The van der Waals surface area contributed by atoms with Gasteiger partial charge in [0.2, 0.25) is 0 Å². The monoisotopic (exact) mass is 433 g/mol. The first-order valence-corrected chi connectivity index (χ1v) is 8.08. The minimum atomic E-state index is 0. The molecule has 1 aromatic heterocycles. The Bertz CT molecular complexity index is 474. The Kier molecular flexibility index (Phi) is 11.0. The average Bonchev–Trinajstić information content (AvgIpc) is 2.45. The molecule has 1 unspecified atom stereocenters. The average molecular weight is 433 g/mol. The minimum Gasteiger partial charge on any atom is -0.370 e. The maximum absolute atomic E-state index is 5.95. The fraction of sp³-hybridized carbons (Fsp3) is 0.647. The van der Waals surface area contributed by atoms with Crippen molar-refractivity contribution in [2.45, 2.75) is 52.6 Å². The van der Waals surface area contributed by atoms with Gasteiger partial charge in [0.25, 0.3) is 0 Å². The van der Waals surface area contributed by atoms with Gasteiger partial charge in [-0.15, -0.1) is 24.0 Å². The number of nitrogens with one attached hydrogen (secondary N) is 1. The van der Waals surface area contributed by atoms with Gasteiger partial charge >= 0.3 is 0 Å². The van der Waals surface area contributed by atoms with Gasteiger partial charge in [0.05, 0.1) is 12.2 Å². The van der Waals surface area contributed by atoms with Gasteiger partial charge in [-0.1, -0.05) is 32.8 Å². The van der Waals surface area contributed by atoms with E-state index < -0.39 is 0 Å². The number of aliphatic imine (C=N–C) groups is 1. The number of guanidine groups is 1. The van der Waals surface area contributed by atoms with Crippen molar-refractivity contribution in [3.05, 3.63) is 23.9 Å². The first-order valence-electron chi connectivity index (χ1n) is 8.08. The predicted octanol–water partition coefficient (Wildman–Crippen LogP) is 3.38. The molecule has 0 amide bonds. The number of nitrogens with two attached hydrogens (primary N) is 1. The lowest BCUT2D eigenvalue weighted by molar-refractivity contribution is 0.493. The molecule has 3 N–H and O–H groups in total. The van der Waals surface area contributed by atoms with Crippen molar-refractivity contribution in [2.75, 3.05) is 19.0 Å². The molecular formula is C17H32IN5. The van der Waals surface area contributed by atoms with Crippen LogP contribution in [0.3, 0.4) is 0 Å². The van der Waals surface area contributed by atoms with E-state index in [9.17, 15) is 0 Å². The minimum absolute atomic E-state index is 0. The molecule has 1 rings (SSSR count). The normalized spacial score (nSPS) is 12.7. The largest absolute Gasteiger partial charge is 0.370 e. The van der Waals surface area contributed by atoms with E-state index >= 15 is 0 Å². The Morgan fingerprint density at radius 3 is 2.57 bits per heavy atom. The van der Waals surface area contributed by atoms with Crippen molar-refractivity contribution >= 4 is 35.8 Å². The van der Waals surface area contributed by atoms with Crippen LogP contribution < -0.4 is 16.0 Å². The molecule has 1 aromatic rings. The molecule has 0 radical (unpaired) electrons. The molecule has 1 atom stereocenters. The zero-order valence-corrected chi connectivity index (χ0v) is 17.4. The molecule has 0 fully saturated rings. The third-order valence-corrected chi connectivity index (χ3v) is 3.47. The van der Waals surface area contributed by atoms with Crippen molar-refractivity contribution in [1.82, 2.24) is 10.3 Å². The highest BCUT2D eigenvalue weighted by Gasteiger charge is 2.04. The molecule has 0 aliphatic carbocycles. The second-order valence-corrected chi connectivity index (χ2v) is 6.45. The van der Waals surface area contributed by atoms with E-state index in [0.717, 1.165) is 23.9 Å². The quantitative estimate of drug-likeness (QED) is 0.375. The molecule has 5 nitrogen and oxygen atoms in total. The summed E-state index contributed by atoms with van der Waals surface area (Å²) in [4.78, 5) is 10.9. The first-order chi connectivity index (χ1) is 10.4. The van der Waals surface area contributed by atoms with Gasteiger partial charge in [0.15, 0.2) is 5.96 Å². The van der Waals surface area contributed by atoms with Crippen LogP contribution in [-0.2, 0) is 6.54 Å². The van der Waals surface area contributed by atoms with Crippen LogP contribution >= 0.6 is 24.0 Å². The Morgan fingerprint density at radius 1 is 1.26 bits per heavy atom. The second-order valence-electron chi connectivity index (χ2n) is 6.45. The molecule has 0 aromatic carbocycles. The van der Waals surface area contributed by atoms with Crippen LogP contribution in [0.25, 0.3) is 0 Å². The Morgan fingerprint density at radius 2 is 1.96 bits per heavy atom. The van der Waals surface area contributed by atoms with E-state index in [-0.39, 0.29) is 24.0 Å². The highest BCUT2D eigenvalue weighted by molar-refractivity contribution is 14.0. The molecule has 0 spiro atoms. The Balaban J connectivity index is 0.00000484. The fourth-order valence-corrected chi connectivity index (χ4v) is 2.17. The summed E-state index contributed by atoms with van der Waals surface area (Å²) in [5.41, 5.74) is 6.87. The van der Waals surface area contributed by atoms with Crippen LogP contribution in [-0.4, -0.2) is 31.1 Å². The molecule has 0 saturated carbocycles. The summed E-state index contributed by atoms with van der Waals surface area (Å²) in [6, 6.07) is 6.29. The number of hydrogen-bond donors (Lipinski definition) is 2. The number of anilines is 1. The highest BCUT2D eigenvalue weighted by Crippen LogP contribution is 2.09. The molecule has 6 heteroatoms. The van der Waals surface area contributed by atoms with Crippen molar-refractivity contribution in [2.24, 2.45) is 16.6 Å². The van der Waals surface area contributed by atoms with Gasteiger partial charge in [-0.25, -0.2) is 9.98 Å². The van der Waals surface area contributed by atoms with Crippen molar-refractivity contribution in [1.29, 1.82) is 0 Å². The van der Waals surface area contributed by atoms with Crippen molar-refractivity contribution in [3.8, 4) is 0 Å². The van der Waals surface area contributed by atoms with Crippen LogP contribution in [0.2, 0.25) is 0 Å². The van der Waals surface area contributed by atoms with Gasteiger partial charge in [-0.2, -0.15) is 0 Å². The van der Waals surface area contributed by atoms with Crippen LogP contribution in [0.15, 0.2) is 23.2 Å². The smallest absolute Gasteiger partial charge is 0.189 e. The number of pyridine rings is 1. The molecule has 0 bridgehead atoms. The molecule has 132 valence electrons. The van der Waals surface area contributed by atoms with E-state index in [1.807, 2.05) is 37.2 Å². The maximum atomic E-state index is 5.95.